The van der Waals surface area contributed by atoms with E-state index in [4.69, 9.17) is 0 Å². The minimum absolute atomic E-state index is 0.0544. The van der Waals surface area contributed by atoms with Gasteiger partial charge >= 0.3 is 0 Å². The SMILES string of the molecule is CN(Cc1cn[nH]c1)C(=O)c1cncn1C. The van der Waals surface area contributed by atoms with Crippen molar-refractivity contribution in [2.75, 3.05) is 7.05 Å². The molecule has 1 amide bonds. The molecule has 0 radical (unpaired) electrons. The van der Waals surface area contributed by atoms with E-state index in [2.05, 4.69) is 15.2 Å². The van der Waals surface area contributed by atoms with Gasteiger partial charge in [0.2, 0.25) is 0 Å². The number of amides is 1. The third-order valence-corrected chi connectivity index (χ3v) is 2.36. The summed E-state index contributed by atoms with van der Waals surface area (Å²) in [4.78, 5) is 17.5. The van der Waals surface area contributed by atoms with Crippen molar-refractivity contribution in [2.45, 2.75) is 6.54 Å². The molecule has 0 unspecified atom stereocenters. The Balaban J connectivity index is 2.08. The van der Waals surface area contributed by atoms with Gasteiger partial charge in [0.15, 0.2) is 0 Å². The van der Waals surface area contributed by atoms with Gasteiger partial charge < -0.3 is 9.47 Å². The smallest absolute Gasteiger partial charge is 0.272 e. The van der Waals surface area contributed by atoms with E-state index in [1.807, 2.05) is 0 Å². The van der Waals surface area contributed by atoms with E-state index in [0.717, 1.165) is 5.56 Å². The van der Waals surface area contributed by atoms with Crippen LogP contribution in [-0.2, 0) is 13.6 Å². The van der Waals surface area contributed by atoms with Crippen LogP contribution in [0.5, 0.6) is 0 Å². The van der Waals surface area contributed by atoms with Crippen LogP contribution in [0.25, 0.3) is 0 Å². The lowest BCUT2D eigenvalue weighted by atomic mass is 10.3. The van der Waals surface area contributed by atoms with Gasteiger partial charge in [0.1, 0.15) is 5.69 Å². The standard InChI is InChI=1S/C10H13N5O/c1-14(6-8-3-12-13-4-8)10(16)9-5-11-7-15(9)2/h3-5,7H,6H2,1-2H3,(H,12,13). The van der Waals surface area contributed by atoms with E-state index in [1.54, 1.807) is 48.5 Å². The molecule has 0 fully saturated rings. The van der Waals surface area contributed by atoms with Crippen molar-refractivity contribution in [1.29, 1.82) is 0 Å². The van der Waals surface area contributed by atoms with Crippen LogP contribution in [-0.4, -0.2) is 37.6 Å². The fourth-order valence-electron chi connectivity index (χ4n) is 1.47. The van der Waals surface area contributed by atoms with E-state index < -0.39 is 0 Å². The van der Waals surface area contributed by atoms with E-state index >= 15 is 0 Å². The second kappa shape index (κ2) is 4.18. The highest BCUT2D eigenvalue weighted by Crippen LogP contribution is 2.05. The number of aromatic amines is 1. The first kappa shape index (κ1) is 10.4. The molecule has 0 bridgehead atoms. The summed E-state index contributed by atoms with van der Waals surface area (Å²) < 4.78 is 1.70. The Hall–Kier alpha value is -2.11. The molecule has 0 saturated carbocycles. The second-order valence-corrected chi connectivity index (χ2v) is 3.66. The zero-order valence-corrected chi connectivity index (χ0v) is 9.21. The number of nitrogens with zero attached hydrogens (tertiary/aromatic N) is 4. The number of hydrogen-bond donors (Lipinski definition) is 1. The summed E-state index contributed by atoms with van der Waals surface area (Å²) in [6, 6.07) is 0. The average molecular weight is 219 g/mol. The van der Waals surface area contributed by atoms with Crippen molar-refractivity contribution in [3.05, 3.63) is 36.2 Å². The number of rotatable bonds is 3. The molecular weight excluding hydrogens is 206 g/mol. The summed E-state index contributed by atoms with van der Waals surface area (Å²) in [5.74, 6) is -0.0544. The van der Waals surface area contributed by atoms with Crippen LogP contribution in [0.1, 0.15) is 16.1 Å². The summed E-state index contributed by atoms with van der Waals surface area (Å²) in [7, 11) is 3.55. The Morgan fingerprint density at radius 1 is 1.56 bits per heavy atom. The number of H-pyrrole nitrogens is 1. The number of aromatic nitrogens is 4. The van der Waals surface area contributed by atoms with Crippen LogP contribution in [0.4, 0.5) is 0 Å². The first-order valence-corrected chi connectivity index (χ1v) is 4.88. The molecule has 6 heteroatoms. The predicted molar refractivity (Wildman–Crippen MR) is 57.6 cm³/mol. The van der Waals surface area contributed by atoms with Crippen LogP contribution >= 0.6 is 0 Å². The summed E-state index contributed by atoms with van der Waals surface area (Å²) >= 11 is 0. The first-order valence-electron chi connectivity index (χ1n) is 4.88. The highest BCUT2D eigenvalue weighted by Gasteiger charge is 2.15. The van der Waals surface area contributed by atoms with Gasteiger partial charge in [-0.2, -0.15) is 5.10 Å². The zero-order valence-electron chi connectivity index (χ0n) is 9.21. The van der Waals surface area contributed by atoms with Crippen molar-refractivity contribution < 1.29 is 4.79 Å². The summed E-state index contributed by atoms with van der Waals surface area (Å²) in [6.45, 7) is 0.528. The van der Waals surface area contributed by atoms with Crippen LogP contribution in [0.3, 0.4) is 0 Å². The molecule has 0 aliphatic rings. The molecule has 0 saturated heterocycles. The molecule has 1 N–H and O–H groups in total. The largest absolute Gasteiger partial charge is 0.336 e. The van der Waals surface area contributed by atoms with Gasteiger partial charge in [0, 0.05) is 32.4 Å². The molecule has 2 aromatic heterocycles. The maximum Gasteiger partial charge on any atom is 0.272 e. The van der Waals surface area contributed by atoms with Crippen LogP contribution < -0.4 is 0 Å². The number of hydrogen-bond acceptors (Lipinski definition) is 3. The number of carbonyl (C=O) groups excluding carboxylic acids is 1. The molecule has 84 valence electrons. The quantitative estimate of drug-likeness (QED) is 0.813. The van der Waals surface area contributed by atoms with Gasteiger partial charge in [-0.15, -0.1) is 0 Å². The third-order valence-electron chi connectivity index (χ3n) is 2.36. The normalized spacial score (nSPS) is 10.4. The van der Waals surface area contributed by atoms with Crippen molar-refractivity contribution in [2.24, 2.45) is 7.05 Å². The molecule has 0 atom stereocenters. The second-order valence-electron chi connectivity index (χ2n) is 3.66. The highest BCUT2D eigenvalue weighted by atomic mass is 16.2. The Kier molecular flexibility index (Phi) is 2.72. The van der Waals surface area contributed by atoms with E-state index in [1.165, 1.54) is 0 Å². The van der Waals surface area contributed by atoms with Crippen molar-refractivity contribution >= 4 is 5.91 Å². The molecule has 2 aromatic rings. The molecule has 0 aliphatic heterocycles. The van der Waals surface area contributed by atoms with Gasteiger partial charge in [-0.1, -0.05) is 0 Å². The van der Waals surface area contributed by atoms with Gasteiger partial charge in [-0.05, 0) is 0 Å². The number of imidazole rings is 1. The minimum Gasteiger partial charge on any atom is -0.336 e. The number of carbonyl (C=O) groups is 1. The van der Waals surface area contributed by atoms with Crippen LogP contribution in [0.15, 0.2) is 24.9 Å². The Labute approximate surface area is 92.9 Å². The van der Waals surface area contributed by atoms with Crippen molar-refractivity contribution in [3.63, 3.8) is 0 Å². The molecule has 0 aromatic carbocycles. The lowest BCUT2D eigenvalue weighted by Crippen LogP contribution is -2.27. The van der Waals surface area contributed by atoms with E-state index in [-0.39, 0.29) is 5.91 Å². The fourth-order valence-corrected chi connectivity index (χ4v) is 1.47. The fraction of sp³-hybridized carbons (Fsp3) is 0.300. The van der Waals surface area contributed by atoms with Gasteiger partial charge in [-0.25, -0.2) is 4.98 Å². The molecule has 2 rings (SSSR count). The number of nitrogens with one attached hydrogen (secondary N) is 1. The zero-order chi connectivity index (χ0) is 11.5. The number of aryl methyl sites for hydroxylation is 1. The molecule has 16 heavy (non-hydrogen) atoms. The maximum atomic E-state index is 12.0. The Morgan fingerprint density at radius 2 is 2.38 bits per heavy atom. The van der Waals surface area contributed by atoms with Gasteiger partial charge in [0.25, 0.3) is 5.91 Å². The minimum atomic E-state index is -0.0544. The molecular formula is C10H13N5O. The molecule has 2 heterocycles. The highest BCUT2D eigenvalue weighted by molar-refractivity contribution is 5.92. The molecule has 0 spiro atoms. The van der Waals surface area contributed by atoms with Crippen LogP contribution in [0.2, 0.25) is 0 Å². The van der Waals surface area contributed by atoms with Crippen molar-refractivity contribution in [1.82, 2.24) is 24.6 Å². The third kappa shape index (κ3) is 1.95. The maximum absolute atomic E-state index is 12.0. The van der Waals surface area contributed by atoms with Crippen molar-refractivity contribution in [3.8, 4) is 0 Å². The van der Waals surface area contributed by atoms with Gasteiger partial charge in [0.05, 0.1) is 18.7 Å². The monoisotopic (exact) mass is 219 g/mol. The Morgan fingerprint density at radius 3 is 2.94 bits per heavy atom. The average Bonchev–Trinajstić information content (AvgIpc) is 2.88. The Bertz CT molecular complexity index is 473. The predicted octanol–water partition coefficient (Wildman–Crippen LogP) is 0.415. The molecule has 0 aliphatic carbocycles. The molecule has 6 nitrogen and oxygen atoms in total. The van der Waals surface area contributed by atoms with E-state index in [9.17, 15) is 4.79 Å². The van der Waals surface area contributed by atoms with Crippen LogP contribution in [0, 0.1) is 0 Å². The lowest BCUT2D eigenvalue weighted by molar-refractivity contribution is 0.0775. The van der Waals surface area contributed by atoms with Gasteiger partial charge in [-0.3, -0.25) is 9.89 Å². The summed E-state index contributed by atoms with van der Waals surface area (Å²) in [5.41, 5.74) is 1.55. The summed E-state index contributed by atoms with van der Waals surface area (Å²) in [5, 5.41) is 6.55. The summed E-state index contributed by atoms with van der Waals surface area (Å²) in [6.07, 6.45) is 6.65. The topological polar surface area (TPSA) is 66.8 Å². The van der Waals surface area contributed by atoms with E-state index in [0.29, 0.717) is 12.2 Å². The first-order chi connectivity index (χ1) is 7.68. The lowest BCUT2D eigenvalue weighted by Gasteiger charge is -2.15.